The Hall–Kier alpha value is -4.58. The van der Waals surface area contributed by atoms with Crippen LogP contribution < -0.4 is 15.6 Å². The summed E-state index contributed by atoms with van der Waals surface area (Å²) < 4.78 is 29.6. The third-order valence-electron chi connectivity index (χ3n) is 6.26. The summed E-state index contributed by atoms with van der Waals surface area (Å²) in [4.78, 5) is 29.3. The van der Waals surface area contributed by atoms with Crippen molar-refractivity contribution in [3.8, 4) is 17.1 Å². The molecule has 3 aromatic carbocycles. The number of fused-ring (bicyclic) bond motifs is 2. The van der Waals surface area contributed by atoms with Gasteiger partial charge in [0.2, 0.25) is 0 Å². The Labute approximate surface area is 204 Å². The van der Waals surface area contributed by atoms with Crippen LogP contribution in [0.4, 0.5) is 5.69 Å². The second-order valence-electron chi connectivity index (χ2n) is 8.36. The number of nitrogens with zero attached hydrogens (tertiary/aromatic N) is 5. The van der Waals surface area contributed by atoms with Crippen LogP contribution in [0.15, 0.2) is 81.2 Å². The van der Waals surface area contributed by atoms with Crippen LogP contribution in [0.25, 0.3) is 28.0 Å². The highest BCUT2D eigenvalue weighted by Gasteiger charge is 2.29. The molecule has 1 aliphatic heterocycles. The first kappa shape index (κ1) is 21.9. The van der Waals surface area contributed by atoms with Crippen LogP contribution >= 0.6 is 0 Å². The van der Waals surface area contributed by atoms with Gasteiger partial charge in [-0.3, -0.25) is 9.10 Å². The summed E-state index contributed by atoms with van der Waals surface area (Å²) in [6, 6.07) is 18.2. The fraction of sp³-hybridized carbons (Fsp3) is 0.125. The normalized spacial score (nSPS) is 13.6. The zero-order valence-corrected chi connectivity index (χ0v) is 19.6. The fourth-order valence-electron chi connectivity index (χ4n) is 4.63. The maximum absolute atomic E-state index is 13.7. The van der Waals surface area contributed by atoms with Crippen LogP contribution in [0, 0.1) is 0 Å². The Morgan fingerprint density at radius 2 is 1.78 bits per heavy atom. The van der Waals surface area contributed by atoms with Crippen LogP contribution in [0.2, 0.25) is 0 Å². The summed E-state index contributed by atoms with van der Waals surface area (Å²) in [7, 11) is -3.94. The molecular weight excluding hydrogens is 482 g/mol. The largest absolute Gasteiger partial charge is 0.333 e. The SMILES string of the molecule is O=c1[nH]c2cccc(-c3nnn[nH]3)c2c(=O)n1-c1cccc(S(=O)(=O)N2CCCc3ccccc32)c1. The maximum atomic E-state index is 13.7. The molecule has 0 fully saturated rings. The van der Waals surface area contributed by atoms with Gasteiger partial charge < -0.3 is 4.98 Å². The van der Waals surface area contributed by atoms with E-state index in [0.29, 0.717) is 29.7 Å². The van der Waals surface area contributed by atoms with E-state index in [1.807, 2.05) is 12.1 Å². The Kier molecular flexibility index (Phi) is 5.04. The molecule has 180 valence electrons. The number of para-hydroxylation sites is 1. The molecule has 1 aliphatic rings. The van der Waals surface area contributed by atoms with E-state index in [-0.39, 0.29) is 21.8 Å². The molecule has 6 rings (SSSR count). The van der Waals surface area contributed by atoms with Crippen molar-refractivity contribution in [2.24, 2.45) is 0 Å². The minimum absolute atomic E-state index is 0.0178. The minimum Gasteiger partial charge on any atom is -0.306 e. The van der Waals surface area contributed by atoms with E-state index < -0.39 is 21.3 Å². The van der Waals surface area contributed by atoms with Gasteiger partial charge in [-0.15, -0.1) is 5.10 Å². The van der Waals surface area contributed by atoms with Crippen LogP contribution in [0.3, 0.4) is 0 Å². The molecule has 11 nitrogen and oxygen atoms in total. The highest BCUT2D eigenvalue weighted by atomic mass is 32.2. The minimum atomic E-state index is -3.94. The van der Waals surface area contributed by atoms with Gasteiger partial charge >= 0.3 is 5.69 Å². The lowest BCUT2D eigenvalue weighted by Gasteiger charge is -2.30. The highest BCUT2D eigenvalue weighted by Crippen LogP contribution is 2.32. The molecule has 0 atom stereocenters. The quantitative estimate of drug-likeness (QED) is 0.383. The summed E-state index contributed by atoms with van der Waals surface area (Å²) in [6.45, 7) is 0.342. The first-order valence-electron chi connectivity index (χ1n) is 11.2. The molecule has 0 aliphatic carbocycles. The fourth-order valence-corrected chi connectivity index (χ4v) is 6.21. The Morgan fingerprint density at radius 1 is 0.944 bits per heavy atom. The molecule has 12 heteroatoms. The van der Waals surface area contributed by atoms with Crippen LogP contribution in [-0.4, -0.2) is 45.1 Å². The number of nitrogens with one attached hydrogen (secondary N) is 2. The zero-order valence-electron chi connectivity index (χ0n) is 18.7. The molecule has 2 aromatic heterocycles. The van der Waals surface area contributed by atoms with Crippen molar-refractivity contribution in [2.45, 2.75) is 17.7 Å². The van der Waals surface area contributed by atoms with E-state index in [1.165, 1.54) is 28.6 Å². The lowest BCUT2D eigenvalue weighted by atomic mass is 10.0. The average Bonchev–Trinajstić information content (AvgIpc) is 3.43. The molecule has 0 unspecified atom stereocenters. The van der Waals surface area contributed by atoms with Crippen molar-refractivity contribution in [3.63, 3.8) is 0 Å². The molecule has 0 bridgehead atoms. The molecule has 5 aromatic rings. The Bertz CT molecular complexity index is 1840. The predicted molar refractivity (Wildman–Crippen MR) is 133 cm³/mol. The van der Waals surface area contributed by atoms with Gasteiger partial charge in [0.25, 0.3) is 15.6 Å². The molecule has 2 N–H and O–H groups in total. The molecule has 0 radical (unpaired) electrons. The Morgan fingerprint density at radius 3 is 2.61 bits per heavy atom. The number of aromatic nitrogens is 6. The summed E-state index contributed by atoms with van der Waals surface area (Å²) >= 11 is 0. The standard InChI is InChI=1S/C24H19N7O4S/c32-23-21-18(22-26-28-29-27-22)10-4-11-19(21)25-24(33)31(23)16-8-3-9-17(14-16)36(34,35)30-13-5-7-15-6-1-2-12-20(15)30/h1-4,6,8-12,14H,5,7,13H2,(H,25,33)(H,26,27,28,29). The van der Waals surface area contributed by atoms with Gasteiger partial charge in [-0.2, -0.15) is 0 Å². The second-order valence-corrected chi connectivity index (χ2v) is 10.2. The van der Waals surface area contributed by atoms with Gasteiger partial charge in [0.1, 0.15) is 0 Å². The number of sulfonamides is 1. The van der Waals surface area contributed by atoms with E-state index in [1.54, 1.807) is 30.3 Å². The first-order valence-corrected chi connectivity index (χ1v) is 12.6. The lowest BCUT2D eigenvalue weighted by molar-refractivity contribution is 0.586. The van der Waals surface area contributed by atoms with Crippen molar-refractivity contribution in [1.82, 2.24) is 30.2 Å². The summed E-state index contributed by atoms with van der Waals surface area (Å²) in [5.74, 6) is 0.261. The van der Waals surface area contributed by atoms with Crippen LogP contribution in [0.5, 0.6) is 0 Å². The zero-order chi connectivity index (χ0) is 24.9. The number of anilines is 1. The number of aryl methyl sites for hydroxylation is 1. The van der Waals surface area contributed by atoms with Crippen molar-refractivity contribution in [2.75, 3.05) is 10.8 Å². The number of benzene rings is 3. The number of aromatic amines is 2. The number of rotatable bonds is 4. The molecule has 0 saturated carbocycles. The monoisotopic (exact) mass is 501 g/mol. The van der Waals surface area contributed by atoms with Crippen molar-refractivity contribution >= 4 is 26.6 Å². The first-order chi connectivity index (χ1) is 17.4. The number of hydrogen-bond acceptors (Lipinski definition) is 7. The van der Waals surface area contributed by atoms with Crippen molar-refractivity contribution < 1.29 is 8.42 Å². The highest BCUT2D eigenvalue weighted by molar-refractivity contribution is 7.92. The molecule has 0 saturated heterocycles. The number of H-pyrrole nitrogens is 2. The summed E-state index contributed by atoms with van der Waals surface area (Å²) in [5.41, 5.74) is 1.11. The van der Waals surface area contributed by atoms with E-state index in [2.05, 4.69) is 25.6 Å². The van der Waals surface area contributed by atoms with Gasteiger partial charge in [0.05, 0.1) is 27.2 Å². The van der Waals surface area contributed by atoms with Gasteiger partial charge in [0.15, 0.2) is 5.82 Å². The second kappa shape index (κ2) is 8.27. The molecule has 3 heterocycles. The van der Waals surface area contributed by atoms with Crippen molar-refractivity contribution in [3.05, 3.63) is 93.1 Å². The topological polar surface area (TPSA) is 147 Å². The van der Waals surface area contributed by atoms with Crippen LogP contribution in [0.1, 0.15) is 12.0 Å². The predicted octanol–water partition coefficient (Wildman–Crippen LogP) is 2.00. The van der Waals surface area contributed by atoms with Crippen LogP contribution in [-0.2, 0) is 16.4 Å². The van der Waals surface area contributed by atoms with Gasteiger partial charge in [-0.1, -0.05) is 36.4 Å². The molecule has 36 heavy (non-hydrogen) atoms. The van der Waals surface area contributed by atoms with Crippen molar-refractivity contribution in [1.29, 1.82) is 0 Å². The average molecular weight is 502 g/mol. The third kappa shape index (κ3) is 3.41. The van der Waals surface area contributed by atoms with Gasteiger partial charge in [-0.25, -0.2) is 22.9 Å². The van der Waals surface area contributed by atoms with E-state index in [0.717, 1.165) is 16.6 Å². The lowest BCUT2D eigenvalue weighted by Crippen LogP contribution is -2.36. The summed E-state index contributed by atoms with van der Waals surface area (Å²) in [5, 5.41) is 13.8. The Balaban J connectivity index is 1.52. The van der Waals surface area contributed by atoms with E-state index in [9.17, 15) is 18.0 Å². The van der Waals surface area contributed by atoms with E-state index >= 15 is 0 Å². The maximum Gasteiger partial charge on any atom is 0.333 e. The van der Waals surface area contributed by atoms with E-state index in [4.69, 9.17) is 0 Å². The molecular formula is C24H19N7O4S. The summed E-state index contributed by atoms with van der Waals surface area (Å²) in [6.07, 6.45) is 1.49. The molecule has 0 amide bonds. The number of tetrazole rings is 1. The number of hydrogen-bond donors (Lipinski definition) is 2. The molecule has 0 spiro atoms. The smallest absolute Gasteiger partial charge is 0.306 e. The van der Waals surface area contributed by atoms with Gasteiger partial charge in [-0.05, 0) is 59.2 Å². The third-order valence-corrected chi connectivity index (χ3v) is 8.07. The van der Waals surface area contributed by atoms with Gasteiger partial charge in [0, 0.05) is 12.1 Å².